The molecule has 0 spiro atoms. The fraction of sp³-hybridized carbons (Fsp3) is 0.500. The second-order valence-electron chi connectivity index (χ2n) is 3.83. The number of hydrogen-bond donors (Lipinski definition) is 2. The van der Waals surface area contributed by atoms with Gasteiger partial charge >= 0.3 is 6.01 Å². The fourth-order valence-electron chi connectivity index (χ4n) is 1.29. The number of ether oxygens (including phenoxy) is 2. The minimum atomic E-state index is -0.320. The van der Waals surface area contributed by atoms with Gasteiger partial charge in [-0.15, -0.1) is 0 Å². The number of aromatic nitrogens is 2. The Hall–Kier alpha value is -2.46. The molecule has 0 aliphatic rings. The first-order valence-corrected chi connectivity index (χ1v) is 6.38. The smallest absolute Gasteiger partial charge is 0.319 e. The quantitative estimate of drug-likeness (QED) is 0.548. The standard InChI is InChI=1S/C12H18N4O6/c1-19-15-9(17)4-7-21-11-3-6-13-12(14-11)22-8-5-10(18)16-20-2/h3,6H,4-5,7-8H2,1-2H3,(H,15,17)(H,16,18). The van der Waals surface area contributed by atoms with Crippen LogP contribution >= 0.6 is 0 Å². The third-order valence-electron chi connectivity index (χ3n) is 2.18. The summed E-state index contributed by atoms with van der Waals surface area (Å²) < 4.78 is 10.5. The Morgan fingerprint density at radius 2 is 1.64 bits per heavy atom. The second kappa shape index (κ2) is 10.3. The van der Waals surface area contributed by atoms with Gasteiger partial charge in [-0.2, -0.15) is 4.98 Å². The first kappa shape index (κ1) is 17.6. The molecule has 0 radical (unpaired) electrons. The van der Waals surface area contributed by atoms with Gasteiger partial charge in [0.15, 0.2) is 0 Å². The molecule has 0 atom stereocenters. The molecular formula is C12H18N4O6. The molecular weight excluding hydrogens is 296 g/mol. The summed E-state index contributed by atoms with van der Waals surface area (Å²) in [5.41, 5.74) is 4.33. The number of hydrogen-bond acceptors (Lipinski definition) is 8. The molecule has 1 aromatic heterocycles. The highest BCUT2D eigenvalue weighted by Crippen LogP contribution is 2.10. The molecule has 2 N–H and O–H groups in total. The Morgan fingerprint density at radius 1 is 1.05 bits per heavy atom. The first-order chi connectivity index (χ1) is 10.7. The molecule has 2 amide bonds. The fourth-order valence-corrected chi connectivity index (χ4v) is 1.29. The first-order valence-electron chi connectivity index (χ1n) is 6.38. The lowest BCUT2D eigenvalue weighted by Gasteiger charge is -2.07. The van der Waals surface area contributed by atoms with Crippen molar-refractivity contribution in [1.29, 1.82) is 0 Å². The molecule has 10 nitrogen and oxygen atoms in total. The van der Waals surface area contributed by atoms with Crippen LogP contribution in [0.4, 0.5) is 0 Å². The number of amides is 2. The maximum Gasteiger partial charge on any atom is 0.319 e. The Balaban J connectivity index is 2.32. The molecule has 22 heavy (non-hydrogen) atoms. The molecule has 0 bridgehead atoms. The average molecular weight is 314 g/mol. The van der Waals surface area contributed by atoms with Crippen molar-refractivity contribution >= 4 is 11.8 Å². The summed E-state index contributed by atoms with van der Waals surface area (Å²) in [6.45, 7) is 0.219. The summed E-state index contributed by atoms with van der Waals surface area (Å²) in [7, 11) is 2.69. The van der Waals surface area contributed by atoms with E-state index in [2.05, 4.69) is 30.6 Å². The highest BCUT2D eigenvalue weighted by molar-refractivity contribution is 5.75. The van der Waals surface area contributed by atoms with Gasteiger partial charge in [0, 0.05) is 12.3 Å². The van der Waals surface area contributed by atoms with Crippen molar-refractivity contribution < 1.29 is 28.7 Å². The van der Waals surface area contributed by atoms with Crippen LogP contribution in [0.5, 0.6) is 11.9 Å². The normalized spacial score (nSPS) is 9.91. The van der Waals surface area contributed by atoms with Gasteiger partial charge in [0.2, 0.25) is 17.7 Å². The summed E-state index contributed by atoms with van der Waals surface area (Å²) in [5, 5.41) is 0. The van der Waals surface area contributed by atoms with Gasteiger partial charge in [-0.1, -0.05) is 0 Å². The van der Waals surface area contributed by atoms with Gasteiger partial charge in [-0.3, -0.25) is 19.3 Å². The Bertz CT molecular complexity index is 445. The summed E-state index contributed by atoms with van der Waals surface area (Å²) in [6.07, 6.45) is 1.66. The minimum absolute atomic E-state index is 0.0732. The van der Waals surface area contributed by atoms with Crippen LogP contribution < -0.4 is 20.4 Å². The number of nitrogens with one attached hydrogen (secondary N) is 2. The molecule has 0 aromatic carbocycles. The van der Waals surface area contributed by atoms with Crippen molar-refractivity contribution in [2.45, 2.75) is 12.8 Å². The third kappa shape index (κ3) is 7.36. The van der Waals surface area contributed by atoms with E-state index < -0.39 is 0 Å². The monoisotopic (exact) mass is 314 g/mol. The lowest BCUT2D eigenvalue weighted by atomic mass is 10.4. The van der Waals surface area contributed by atoms with Crippen LogP contribution in [-0.2, 0) is 19.3 Å². The number of hydroxylamine groups is 2. The maximum atomic E-state index is 11.1. The van der Waals surface area contributed by atoms with Crippen LogP contribution in [0, 0.1) is 0 Å². The Labute approximate surface area is 127 Å². The molecule has 0 saturated carbocycles. The molecule has 1 aromatic rings. The van der Waals surface area contributed by atoms with E-state index in [0.29, 0.717) is 0 Å². The van der Waals surface area contributed by atoms with Gasteiger partial charge in [0.25, 0.3) is 0 Å². The number of carbonyl (C=O) groups is 2. The lowest BCUT2D eigenvalue weighted by molar-refractivity contribution is -0.132. The van der Waals surface area contributed by atoms with Gasteiger partial charge in [-0.25, -0.2) is 15.9 Å². The van der Waals surface area contributed by atoms with E-state index in [1.165, 1.54) is 26.5 Å². The number of rotatable bonds is 10. The van der Waals surface area contributed by atoms with E-state index in [4.69, 9.17) is 9.47 Å². The molecule has 0 aliphatic heterocycles. The van der Waals surface area contributed by atoms with Crippen molar-refractivity contribution in [3.05, 3.63) is 12.3 Å². The molecule has 0 unspecified atom stereocenters. The van der Waals surface area contributed by atoms with Gasteiger partial charge in [-0.05, 0) is 0 Å². The number of nitrogens with zero attached hydrogens (tertiary/aromatic N) is 2. The second-order valence-corrected chi connectivity index (χ2v) is 3.83. The third-order valence-corrected chi connectivity index (χ3v) is 2.18. The van der Waals surface area contributed by atoms with Crippen LogP contribution in [0.2, 0.25) is 0 Å². The van der Waals surface area contributed by atoms with Crippen molar-refractivity contribution in [2.24, 2.45) is 0 Å². The van der Waals surface area contributed by atoms with Gasteiger partial charge in [0.1, 0.15) is 6.61 Å². The lowest BCUT2D eigenvalue weighted by Crippen LogP contribution is -2.24. The largest absolute Gasteiger partial charge is 0.477 e. The molecule has 1 rings (SSSR count). The molecule has 10 heteroatoms. The van der Waals surface area contributed by atoms with Crippen LogP contribution in [0.25, 0.3) is 0 Å². The van der Waals surface area contributed by atoms with Crippen LogP contribution in [-0.4, -0.2) is 49.2 Å². The number of carbonyl (C=O) groups excluding carboxylic acids is 2. The SMILES string of the molecule is CONC(=O)CCOc1ccnc(OCCC(=O)NOC)n1. The summed E-state index contributed by atoms with van der Waals surface area (Å²) >= 11 is 0. The predicted molar refractivity (Wildman–Crippen MR) is 72.6 cm³/mol. The minimum Gasteiger partial charge on any atom is -0.477 e. The zero-order valence-electron chi connectivity index (χ0n) is 12.3. The summed E-state index contributed by atoms with van der Waals surface area (Å²) in [5.74, 6) is -0.368. The van der Waals surface area contributed by atoms with E-state index in [1.807, 2.05) is 0 Å². The topological polar surface area (TPSA) is 121 Å². The predicted octanol–water partition coefficient (Wildman–Crippen LogP) is -0.630. The Kier molecular flexibility index (Phi) is 8.23. The molecule has 0 saturated heterocycles. The highest BCUT2D eigenvalue weighted by Gasteiger charge is 2.05. The highest BCUT2D eigenvalue weighted by atomic mass is 16.6. The zero-order chi connectivity index (χ0) is 16.2. The van der Waals surface area contributed by atoms with Crippen molar-refractivity contribution in [3.63, 3.8) is 0 Å². The Morgan fingerprint density at radius 3 is 2.23 bits per heavy atom. The summed E-state index contributed by atoms with van der Waals surface area (Å²) in [4.78, 5) is 39.0. The van der Waals surface area contributed by atoms with E-state index in [9.17, 15) is 9.59 Å². The zero-order valence-corrected chi connectivity index (χ0v) is 12.3. The van der Waals surface area contributed by atoms with E-state index in [0.717, 1.165) is 0 Å². The van der Waals surface area contributed by atoms with Gasteiger partial charge < -0.3 is 9.47 Å². The van der Waals surface area contributed by atoms with E-state index >= 15 is 0 Å². The van der Waals surface area contributed by atoms with Crippen molar-refractivity contribution in [1.82, 2.24) is 20.9 Å². The average Bonchev–Trinajstić information content (AvgIpc) is 2.48. The summed E-state index contributed by atoms with van der Waals surface area (Å²) in [6, 6.07) is 1.60. The molecule has 0 aliphatic carbocycles. The van der Waals surface area contributed by atoms with E-state index in [-0.39, 0.29) is 49.8 Å². The van der Waals surface area contributed by atoms with E-state index in [1.54, 1.807) is 0 Å². The van der Waals surface area contributed by atoms with Crippen LogP contribution in [0.3, 0.4) is 0 Å². The maximum absolute atomic E-state index is 11.1. The molecule has 1 heterocycles. The van der Waals surface area contributed by atoms with Crippen LogP contribution in [0.15, 0.2) is 12.3 Å². The van der Waals surface area contributed by atoms with Gasteiger partial charge in [0.05, 0.1) is 33.7 Å². The van der Waals surface area contributed by atoms with Crippen molar-refractivity contribution in [2.75, 3.05) is 27.4 Å². The molecule has 0 fully saturated rings. The van der Waals surface area contributed by atoms with Crippen LogP contribution in [0.1, 0.15) is 12.8 Å². The van der Waals surface area contributed by atoms with Crippen molar-refractivity contribution in [3.8, 4) is 11.9 Å². The molecule has 122 valence electrons.